The number of aliphatic carboxylic acids is 1. The van der Waals surface area contributed by atoms with Crippen LogP contribution in [0.25, 0.3) is 0 Å². The maximum Gasteiger partial charge on any atom is 0.309 e. The number of ether oxygens (including phenoxy) is 2. The Labute approximate surface area is 186 Å². The lowest BCUT2D eigenvalue weighted by atomic mass is 10.1. The van der Waals surface area contributed by atoms with Crippen LogP contribution in [0.15, 0.2) is 84.0 Å². The highest BCUT2D eigenvalue weighted by Gasteiger charge is 2.10. The number of hydrogen-bond donors (Lipinski definition) is 2. The number of carbonyl (C=O) groups is 1. The SMILES string of the molecule is CO/N=C(/CC(=O)O)c1ccc(OCc2ccc(OCC(=N)c3ccccc3)cc2)cc1. The lowest BCUT2D eigenvalue weighted by molar-refractivity contribution is -0.135. The molecule has 3 rings (SSSR count). The van der Waals surface area contributed by atoms with E-state index in [-0.39, 0.29) is 13.0 Å². The van der Waals surface area contributed by atoms with Crippen molar-refractivity contribution in [2.75, 3.05) is 13.7 Å². The minimum atomic E-state index is -0.981. The third-order valence-electron chi connectivity index (χ3n) is 4.54. The number of benzene rings is 3. The summed E-state index contributed by atoms with van der Waals surface area (Å²) in [4.78, 5) is 15.7. The van der Waals surface area contributed by atoms with Gasteiger partial charge in [-0.3, -0.25) is 4.79 Å². The first kappa shape index (κ1) is 22.6. The molecule has 0 spiro atoms. The van der Waals surface area contributed by atoms with Gasteiger partial charge < -0.3 is 24.8 Å². The Kier molecular flexibility index (Phi) is 7.97. The van der Waals surface area contributed by atoms with Crippen LogP contribution in [0.3, 0.4) is 0 Å². The van der Waals surface area contributed by atoms with Crippen LogP contribution < -0.4 is 9.47 Å². The minimum Gasteiger partial charge on any atom is -0.489 e. The average molecular weight is 432 g/mol. The predicted octanol–water partition coefficient (Wildman–Crippen LogP) is 4.54. The third kappa shape index (κ3) is 6.70. The van der Waals surface area contributed by atoms with Gasteiger partial charge in [-0.25, -0.2) is 0 Å². The Morgan fingerprint density at radius 1 is 0.875 bits per heavy atom. The number of carboxylic acid groups (broad SMARTS) is 1. The fourth-order valence-corrected chi connectivity index (χ4v) is 2.91. The van der Waals surface area contributed by atoms with E-state index in [1.807, 2.05) is 54.6 Å². The molecule has 7 nitrogen and oxygen atoms in total. The molecule has 0 saturated carbocycles. The summed E-state index contributed by atoms with van der Waals surface area (Å²) in [6, 6.07) is 24.0. The van der Waals surface area contributed by atoms with E-state index in [4.69, 9.17) is 24.8 Å². The lowest BCUT2D eigenvalue weighted by Gasteiger charge is -2.10. The van der Waals surface area contributed by atoms with Gasteiger partial charge in [0.05, 0.1) is 17.8 Å². The minimum absolute atomic E-state index is 0.197. The van der Waals surface area contributed by atoms with Gasteiger partial charge in [-0.15, -0.1) is 0 Å². The van der Waals surface area contributed by atoms with Crippen LogP contribution in [-0.2, 0) is 16.2 Å². The lowest BCUT2D eigenvalue weighted by Crippen LogP contribution is -2.11. The first-order valence-electron chi connectivity index (χ1n) is 9.95. The normalized spacial score (nSPS) is 11.0. The summed E-state index contributed by atoms with van der Waals surface area (Å²) in [7, 11) is 1.38. The molecule has 0 fully saturated rings. The summed E-state index contributed by atoms with van der Waals surface area (Å²) in [5.41, 5.74) is 3.22. The second-order valence-corrected chi connectivity index (χ2v) is 6.88. The van der Waals surface area contributed by atoms with E-state index < -0.39 is 5.97 Å². The molecule has 3 aromatic carbocycles. The van der Waals surface area contributed by atoms with Crippen LogP contribution in [-0.4, -0.2) is 36.2 Å². The zero-order valence-electron chi connectivity index (χ0n) is 17.7. The third-order valence-corrected chi connectivity index (χ3v) is 4.54. The highest BCUT2D eigenvalue weighted by molar-refractivity contribution is 6.08. The molecule has 7 heteroatoms. The Morgan fingerprint density at radius 3 is 2.12 bits per heavy atom. The van der Waals surface area contributed by atoms with Crippen LogP contribution in [0, 0.1) is 5.41 Å². The van der Waals surface area contributed by atoms with Gasteiger partial charge in [0.15, 0.2) is 0 Å². The zero-order valence-corrected chi connectivity index (χ0v) is 17.7. The van der Waals surface area contributed by atoms with Gasteiger partial charge >= 0.3 is 5.97 Å². The number of rotatable bonds is 11. The van der Waals surface area contributed by atoms with Crippen molar-refractivity contribution in [2.24, 2.45) is 5.16 Å². The number of nitrogens with one attached hydrogen (secondary N) is 1. The topological polar surface area (TPSA) is 101 Å². The predicted molar refractivity (Wildman–Crippen MR) is 122 cm³/mol. The van der Waals surface area contributed by atoms with Crippen molar-refractivity contribution >= 4 is 17.4 Å². The van der Waals surface area contributed by atoms with Gasteiger partial charge in [0.25, 0.3) is 0 Å². The standard InChI is InChI=1S/C25H24N2O5/c1-30-27-24(15-25(28)29)20-9-13-22(14-10-20)31-16-18-7-11-21(12-8-18)32-17-23(26)19-5-3-2-4-6-19/h2-14,26H,15-17H2,1H3,(H,28,29)/b26-23?,27-24-. The van der Waals surface area contributed by atoms with E-state index in [0.29, 0.717) is 35.1 Å². The maximum absolute atomic E-state index is 11.0. The maximum atomic E-state index is 11.0. The second kappa shape index (κ2) is 11.3. The van der Waals surface area contributed by atoms with Crippen molar-refractivity contribution < 1.29 is 24.2 Å². The molecule has 3 aromatic rings. The largest absolute Gasteiger partial charge is 0.489 e. The van der Waals surface area contributed by atoms with E-state index >= 15 is 0 Å². The van der Waals surface area contributed by atoms with Crippen LogP contribution in [0.2, 0.25) is 0 Å². The van der Waals surface area contributed by atoms with E-state index in [1.165, 1.54) is 7.11 Å². The first-order chi connectivity index (χ1) is 15.5. The monoisotopic (exact) mass is 432 g/mol. The summed E-state index contributed by atoms with van der Waals surface area (Å²) in [6.45, 7) is 0.566. The Hall–Kier alpha value is -4.13. The average Bonchev–Trinajstić information content (AvgIpc) is 2.82. The number of carboxylic acids is 1. The summed E-state index contributed by atoms with van der Waals surface area (Å²) in [5.74, 6) is 0.352. The van der Waals surface area contributed by atoms with Gasteiger partial charge in [-0.1, -0.05) is 47.6 Å². The Morgan fingerprint density at radius 2 is 1.50 bits per heavy atom. The van der Waals surface area contributed by atoms with Crippen LogP contribution >= 0.6 is 0 Å². The molecule has 0 saturated heterocycles. The second-order valence-electron chi connectivity index (χ2n) is 6.88. The van der Waals surface area contributed by atoms with Gasteiger partial charge in [-0.2, -0.15) is 0 Å². The Bertz CT molecular complexity index is 1060. The first-order valence-corrected chi connectivity index (χ1v) is 9.95. The summed E-state index contributed by atoms with van der Waals surface area (Å²) < 4.78 is 11.5. The van der Waals surface area contributed by atoms with E-state index in [2.05, 4.69) is 5.16 Å². The van der Waals surface area contributed by atoms with Crippen LogP contribution in [0.1, 0.15) is 23.1 Å². The van der Waals surface area contributed by atoms with Gasteiger partial charge in [0.2, 0.25) is 0 Å². The fraction of sp³-hybridized carbons (Fsp3) is 0.160. The summed E-state index contributed by atoms with van der Waals surface area (Å²) >= 11 is 0. The van der Waals surface area contributed by atoms with Crippen LogP contribution in [0.5, 0.6) is 11.5 Å². The van der Waals surface area contributed by atoms with Crippen molar-refractivity contribution in [1.82, 2.24) is 0 Å². The molecule has 0 aliphatic rings. The van der Waals surface area contributed by atoms with Crippen molar-refractivity contribution in [2.45, 2.75) is 13.0 Å². The number of nitrogens with zero attached hydrogens (tertiary/aromatic N) is 1. The Balaban J connectivity index is 1.51. The summed E-state index contributed by atoms with van der Waals surface area (Å²) in [6.07, 6.45) is -0.229. The van der Waals surface area contributed by atoms with Gasteiger partial charge in [0.1, 0.15) is 31.8 Å². The van der Waals surface area contributed by atoms with Crippen molar-refractivity contribution in [3.05, 3.63) is 95.6 Å². The van der Waals surface area contributed by atoms with Crippen molar-refractivity contribution in [3.8, 4) is 11.5 Å². The van der Waals surface area contributed by atoms with Gasteiger partial charge in [-0.05, 0) is 47.5 Å². The molecule has 0 aliphatic carbocycles. The zero-order chi connectivity index (χ0) is 22.8. The van der Waals surface area contributed by atoms with E-state index in [1.54, 1.807) is 24.3 Å². The molecule has 0 amide bonds. The number of hydrogen-bond acceptors (Lipinski definition) is 6. The molecular formula is C25H24N2O5. The van der Waals surface area contributed by atoms with Gasteiger partial charge in [0, 0.05) is 5.56 Å². The molecule has 32 heavy (non-hydrogen) atoms. The number of oxime groups is 1. The molecular weight excluding hydrogens is 408 g/mol. The molecule has 164 valence electrons. The highest BCUT2D eigenvalue weighted by atomic mass is 16.6. The molecule has 0 atom stereocenters. The van der Waals surface area contributed by atoms with E-state index in [9.17, 15) is 4.79 Å². The molecule has 2 N–H and O–H groups in total. The molecule has 0 heterocycles. The van der Waals surface area contributed by atoms with Crippen LogP contribution in [0.4, 0.5) is 0 Å². The molecule has 0 bridgehead atoms. The van der Waals surface area contributed by atoms with Crippen molar-refractivity contribution in [3.63, 3.8) is 0 Å². The fourth-order valence-electron chi connectivity index (χ4n) is 2.91. The van der Waals surface area contributed by atoms with Crippen molar-refractivity contribution in [1.29, 1.82) is 5.41 Å². The molecule has 0 radical (unpaired) electrons. The smallest absolute Gasteiger partial charge is 0.309 e. The molecule has 0 aromatic heterocycles. The van der Waals surface area contributed by atoms with E-state index in [0.717, 1.165) is 11.1 Å². The quantitative estimate of drug-likeness (QED) is 0.342. The highest BCUT2D eigenvalue weighted by Crippen LogP contribution is 2.18. The molecule has 0 aliphatic heterocycles. The summed E-state index contributed by atoms with van der Waals surface area (Å²) in [5, 5.41) is 20.9. The molecule has 0 unspecified atom stereocenters.